The van der Waals surface area contributed by atoms with Crippen LogP contribution in [-0.4, -0.2) is 71.9 Å². The third-order valence-electron chi connectivity index (χ3n) is 6.84. The maximum Gasteiger partial charge on any atom is 0.321 e. The van der Waals surface area contributed by atoms with Gasteiger partial charge in [-0.05, 0) is 56.2 Å². The number of carbonyl (C=O) groups excluding carboxylic acids is 2. The summed E-state index contributed by atoms with van der Waals surface area (Å²) in [5.41, 5.74) is 0.464. The second-order valence-corrected chi connectivity index (χ2v) is 8.84. The molecule has 0 aromatic heterocycles. The number of benzene rings is 1. The Morgan fingerprint density at radius 2 is 1.60 bits per heavy atom. The molecule has 7 heteroatoms. The van der Waals surface area contributed by atoms with E-state index in [4.69, 9.17) is 0 Å². The number of nitrogens with one attached hydrogen (secondary N) is 1. The highest BCUT2D eigenvalue weighted by Crippen LogP contribution is 2.32. The Bertz CT molecular complexity index is 738. The highest BCUT2D eigenvalue weighted by Gasteiger charge is 2.39. The molecule has 0 spiro atoms. The highest BCUT2D eigenvalue weighted by molar-refractivity contribution is 5.89. The molecule has 3 fully saturated rings. The molecule has 0 bridgehead atoms. The number of hydrogen-bond donors (Lipinski definition) is 1. The molecule has 30 heavy (non-hydrogen) atoms. The van der Waals surface area contributed by atoms with Crippen molar-refractivity contribution in [2.45, 2.75) is 51.0 Å². The number of likely N-dealkylation sites (tertiary alicyclic amines) is 1. The molecule has 2 aliphatic heterocycles. The van der Waals surface area contributed by atoms with Crippen molar-refractivity contribution in [2.75, 3.05) is 44.6 Å². The van der Waals surface area contributed by atoms with Crippen molar-refractivity contribution in [3.63, 3.8) is 0 Å². The summed E-state index contributed by atoms with van der Waals surface area (Å²) in [6.07, 6.45) is 8.12. The summed E-state index contributed by atoms with van der Waals surface area (Å²) < 4.78 is 13.4. The lowest BCUT2D eigenvalue weighted by molar-refractivity contribution is -0.140. The molecule has 6 nitrogen and oxygen atoms in total. The van der Waals surface area contributed by atoms with Gasteiger partial charge in [-0.15, -0.1) is 0 Å². The maximum atomic E-state index is 13.4. The first-order valence-corrected chi connectivity index (χ1v) is 11.5. The Kier molecular flexibility index (Phi) is 6.87. The highest BCUT2D eigenvalue weighted by atomic mass is 19.1. The number of nitrogens with zero attached hydrogens (tertiary/aromatic N) is 3. The fourth-order valence-electron chi connectivity index (χ4n) is 5.20. The van der Waals surface area contributed by atoms with Crippen LogP contribution in [0.3, 0.4) is 0 Å². The minimum Gasteiger partial charge on any atom is -0.341 e. The summed E-state index contributed by atoms with van der Waals surface area (Å²) in [5, 5.41) is 2.78. The van der Waals surface area contributed by atoms with Gasteiger partial charge in [0, 0.05) is 45.0 Å². The van der Waals surface area contributed by atoms with E-state index >= 15 is 0 Å². The quantitative estimate of drug-likeness (QED) is 0.817. The van der Waals surface area contributed by atoms with Crippen molar-refractivity contribution in [2.24, 2.45) is 5.92 Å². The first kappa shape index (κ1) is 21.1. The first-order chi connectivity index (χ1) is 14.6. The minimum atomic E-state index is -0.367. The van der Waals surface area contributed by atoms with E-state index in [0.29, 0.717) is 43.7 Å². The molecule has 1 aliphatic carbocycles. The van der Waals surface area contributed by atoms with Crippen LogP contribution in [0.2, 0.25) is 0 Å². The second-order valence-electron chi connectivity index (χ2n) is 8.84. The van der Waals surface area contributed by atoms with Crippen LogP contribution in [0.4, 0.5) is 14.9 Å². The zero-order valence-corrected chi connectivity index (χ0v) is 17.7. The summed E-state index contributed by atoms with van der Waals surface area (Å²) in [6.45, 7) is 4.35. The van der Waals surface area contributed by atoms with E-state index in [1.165, 1.54) is 31.4 Å². The lowest BCUT2D eigenvalue weighted by atomic mass is 9.93. The average Bonchev–Trinajstić information content (AvgIpc) is 3.29. The van der Waals surface area contributed by atoms with E-state index in [1.54, 1.807) is 17.0 Å². The first-order valence-electron chi connectivity index (χ1n) is 11.5. The van der Waals surface area contributed by atoms with Gasteiger partial charge in [0.2, 0.25) is 5.91 Å². The van der Waals surface area contributed by atoms with Crippen molar-refractivity contribution in [1.29, 1.82) is 0 Å². The van der Waals surface area contributed by atoms with Crippen molar-refractivity contribution < 1.29 is 14.0 Å². The number of anilines is 1. The van der Waals surface area contributed by atoms with Gasteiger partial charge in [-0.1, -0.05) is 18.9 Å². The van der Waals surface area contributed by atoms with E-state index in [-0.39, 0.29) is 17.9 Å². The predicted octanol–water partition coefficient (Wildman–Crippen LogP) is 3.55. The normalized spacial score (nSPS) is 22.2. The van der Waals surface area contributed by atoms with Crippen LogP contribution in [0.1, 0.15) is 44.9 Å². The molecule has 4 rings (SSSR count). The molecule has 1 atom stereocenters. The summed E-state index contributed by atoms with van der Waals surface area (Å²) in [4.78, 5) is 32.2. The second kappa shape index (κ2) is 9.77. The zero-order chi connectivity index (χ0) is 20.9. The van der Waals surface area contributed by atoms with Gasteiger partial charge in [0.15, 0.2) is 0 Å². The van der Waals surface area contributed by atoms with Crippen LogP contribution < -0.4 is 5.32 Å². The standard InChI is InChI=1S/C23H33FN4O2/c24-19-9-6-10-20(17-19)25-23(30)28-15-13-26(14-16-28)21(18-7-2-3-8-18)22(29)27-11-4-1-5-12-27/h6,9-10,17-18,21H,1-5,7-8,11-16H2,(H,25,30). The van der Waals surface area contributed by atoms with Gasteiger partial charge >= 0.3 is 6.03 Å². The Balaban J connectivity index is 1.37. The largest absolute Gasteiger partial charge is 0.341 e. The summed E-state index contributed by atoms with van der Waals surface area (Å²) >= 11 is 0. The van der Waals surface area contributed by atoms with E-state index in [1.807, 2.05) is 0 Å². The van der Waals surface area contributed by atoms with E-state index in [9.17, 15) is 14.0 Å². The van der Waals surface area contributed by atoms with Crippen molar-refractivity contribution in [1.82, 2.24) is 14.7 Å². The number of piperazine rings is 1. The fraction of sp³-hybridized carbons (Fsp3) is 0.652. The number of urea groups is 1. The third kappa shape index (κ3) is 4.94. The van der Waals surface area contributed by atoms with Crippen molar-refractivity contribution >= 4 is 17.6 Å². The summed E-state index contributed by atoms with van der Waals surface area (Å²) in [5.74, 6) is 0.375. The molecule has 2 heterocycles. The van der Waals surface area contributed by atoms with Crippen LogP contribution >= 0.6 is 0 Å². The van der Waals surface area contributed by atoms with Gasteiger partial charge in [-0.2, -0.15) is 0 Å². The summed E-state index contributed by atoms with van der Waals surface area (Å²) in [7, 11) is 0. The Labute approximate surface area is 178 Å². The molecule has 3 aliphatic rings. The van der Waals surface area contributed by atoms with Gasteiger partial charge < -0.3 is 15.1 Å². The lowest BCUT2D eigenvalue weighted by Gasteiger charge is -2.43. The van der Waals surface area contributed by atoms with Gasteiger partial charge in [0.05, 0.1) is 6.04 Å². The molecule has 164 valence electrons. The van der Waals surface area contributed by atoms with Crippen LogP contribution in [0.5, 0.6) is 0 Å². The van der Waals surface area contributed by atoms with Gasteiger partial charge in [-0.25, -0.2) is 9.18 Å². The smallest absolute Gasteiger partial charge is 0.321 e. The SMILES string of the molecule is O=C(Nc1cccc(F)c1)N1CCN(C(C(=O)N2CCCCC2)C2CCCC2)CC1. The molecular weight excluding hydrogens is 383 g/mol. The van der Waals surface area contributed by atoms with E-state index < -0.39 is 0 Å². The fourth-order valence-corrected chi connectivity index (χ4v) is 5.20. The van der Waals surface area contributed by atoms with Gasteiger partial charge in [0.1, 0.15) is 5.82 Å². The molecule has 1 N–H and O–H groups in total. The molecule has 1 aromatic rings. The van der Waals surface area contributed by atoms with Gasteiger partial charge in [0.25, 0.3) is 0 Å². The van der Waals surface area contributed by atoms with Crippen molar-refractivity contribution in [3.8, 4) is 0 Å². The Morgan fingerprint density at radius 1 is 0.900 bits per heavy atom. The summed E-state index contributed by atoms with van der Waals surface area (Å²) in [6, 6.07) is 5.70. The van der Waals surface area contributed by atoms with Crippen LogP contribution in [-0.2, 0) is 4.79 Å². The molecule has 0 radical (unpaired) electrons. The topological polar surface area (TPSA) is 55.9 Å². The molecular formula is C23H33FN4O2. The number of carbonyl (C=O) groups is 2. The predicted molar refractivity (Wildman–Crippen MR) is 115 cm³/mol. The average molecular weight is 417 g/mol. The zero-order valence-electron chi connectivity index (χ0n) is 17.7. The minimum absolute atomic E-state index is 0.0426. The van der Waals surface area contributed by atoms with Gasteiger partial charge in [-0.3, -0.25) is 9.69 Å². The number of piperidine rings is 1. The van der Waals surface area contributed by atoms with Crippen molar-refractivity contribution in [3.05, 3.63) is 30.1 Å². The number of halogens is 1. The Hall–Kier alpha value is -2.15. The Morgan fingerprint density at radius 3 is 2.27 bits per heavy atom. The molecule has 3 amide bonds. The van der Waals surface area contributed by atoms with E-state index in [0.717, 1.165) is 38.8 Å². The van der Waals surface area contributed by atoms with Crippen LogP contribution in [0, 0.1) is 11.7 Å². The molecule has 1 aromatic carbocycles. The maximum absolute atomic E-state index is 13.4. The molecule has 1 unspecified atom stereocenters. The van der Waals surface area contributed by atoms with Crippen LogP contribution in [0.15, 0.2) is 24.3 Å². The number of hydrogen-bond acceptors (Lipinski definition) is 3. The van der Waals surface area contributed by atoms with E-state index in [2.05, 4.69) is 15.1 Å². The molecule has 1 saturated carbocycles. The lowest BCUT2D eigenvalue weighted by Crippen LogP contribution is -2.59. The number of amides is 3. The number of rotatable bonds is 4. The third-order valence-corrected chi connectivity index (χ3v) is 6.84. The monoisotopic (exact) mass is 416 g/mol. The molecule has 2 saturated heterocycles. The van der Waals surface area contributed by atoms with Crippen LogP contribution in [0.25, 0.3) is 0 Å².